The molecule has 1 fully saturated rings. The van der Waals surface area contributed by atoms with Crippen LogP contribution in [0.25, 0.3) is 0 Å². The van der Waals surface area contributed by atoms with Crippen LogP contribution in [0.1, 0.15) is 22.8 Å². The number of nitrogens with zero attached hydrogens (tertiary/aromatic N) is 1. The first kappa shape index (κ1) is 19.7. The highest BCUT2D eigenvalue weighted by molar-refractivity contribution is 6.32. The van der Waals surface area contributed by atoms with Gasteiger partial charge in [-0.3, -0.25) is 14.5 Å². The quantitative estimate of drug-likeness (QED) is 0.593. The van der Waals surface area contributed by atoms with Gasteiger partial charge in [0.2, 0.25) is 0 Å². The lowest BCUT2D eigenvalue weighted by molar-refractivity contribution is -0.130. The summed E-state index contributed by atoms with van der Waals surface area (Å²) in [5.74, 6) is 0.0589. The number of carbonyl (C=O) groups is 3. The molecule has 1 aliphatic heterocycles. The summed E-state index contributed by atoms with van der Waals surface area (Å²) in [4.78, 5) is 38.9. The van der Waals surface area contributed by atoms with Crippen LogP contribution in [0, 0.1) is 0 Å². The van der Waals surface area contributed by atoms with Crippen LogP contribution >= 0.6 is 11.6 Å². The molecule has 3 amide bonds. The predicted octanol–water partition coefficient (Wildman–Crippen LogP) is 3.01. The fraction of sp³-hybridized carbons (Fsp3) is 0.250. The second kappa shape index (κ2) is 7.52. The first-order valence-corrected chi connectivity index (χ1v) is 8.83. The third-order valence-corrected chi connectivity index (χ3v) is 4.99. The highest BCUT2D eigenvalue weighted by atomic mass is 35.5. The molecule has 0 aromatic heterocycles. The van der Waals surface area contributed by atoms with Gasteiger partial charge >= 0.3 is 6.03 Å². The number of amides is 3. The number of imide groups is 1. The summed E-state index contributed by atoms with van der Waals surface area (Å²) >= 11 is 6.05. The third kappa shape index (κ3) is 3.41. The van der Waals surface area contributed by atoms with E-state index in [1.165, 1.54) is 26.4 Å². The minimum atomic E-state index is -1.29. The van der Waals surface area contributed by atoms with Crippen molar-refractivity contribution in [2.75, 3.05) is 20.8 Å². The van der Waals surface area contributed by atoms with Crippen molar-refractivity contribution in [1.29, 1.82) is 0 Å². The molecule has 0 radical (unpaired) electrons. The van der Waals surface area contributed by atoms with Crippen molar-refractivity contribution in [2.45, 2.75) is 12.5 Å². The molecule has 8 heteroatoms. The molecule has 0 spiro atoms. The van der Waals surface area contributed by atoms with Crippen LogP contribution in [-0.4, -0.2) is 43.4 Å². The summed E-state index contributed by atoms with van der Waals surface area (Å²) in [6, 6.07) is 10.8. The van der Waals surface area contributed by atoms with Crippen LogP contribution in [0.2, 0.25) is 5.02 Å². The summed E-state index contributed by atoms with van der Waals surface area (Å²) in [5, 5.41) is 2.94. The zero-order valence-corrected chi connectivity index (χ0v) is 16.4. The van der Waals surface area contributed by atoms with Crippen molar-refractivity contribution in [3.63, 3.8) is 0 Å². The van der Waals surface area contributed by atoms with Crippen molar-refractivity contribution < 1.29 is 23.9 Å². The van der Waals surface area contributed by atoms with Crippen LogP contribution in [-0.2, 0) is 10.3 Å². The smallest absolute Gasteiger partial charge is 0.325 e. The predicted molar refractivity (Wildman–Crippen MR) is 103 cm³/mol. The Kier molecular flexibility index (Phi) is 5.29. The van der Waals surface area contributed by atoms with Gasteiger partial charge in [-0.2, -0.15) is 0 Å². The molecule has 1 heterocycles. The van der Waals surface area contributed by atoms with Gasteiger partial charge in [-0.05, 0) is 42.8 Å². The lowest BCUT2D eigenvalue weighted by Gasteiger charge is -2.22. The molecular formula is C20H19ClN2O5. The average molecular weight is 403 g/mol. The van der Waals surface area contributed by atoms with E-state index >= 15 is 0 Å². The van der Waals surface area contributed by atoms with Crippen LogP contribution in [0.4, 0.5) is 4.79 Å². The van der Waals surface area contributed by atoms with Gasteiger partial charge in [-0.1, -0.05) is 23.7 Å². The molecule has 1 saturated heterocycles. The molecule has 28 heavy (non-hydrogen) atoms. The molecule has 1 aliphatic rings. The van der Waals surface area contributed by atoms with Crippen molar-refractivity contribution in [1.82, 2.24) is 10.2 Å². The number of hydrogen-bond donors (Lipinski definition) is 1. The van der Waals surface area contributed by atoms with Crippen molar-refractivity contribution in [2.24, 2.45) is 0 Å². The molecule has 0 bridgehead atoms. The highest BCUT2D eigenvalue weighted by Crippen LogP contribution is 2.31. The van der Waals surface area contributed by atoms with Crippen LogP contribution < -0.4 is 14.8 Å². The Labute approximate surface area is 167 Å². The largest absolute Gasteiger partial charge is 0.497 e. The Hall–Kier alpha value is -3.06. The maximum atomic E-state index is 13.0. The van der Waals surface area contributed by atoms with E-state index in [0.717, 1.165) is 4.90 Å². The van der Waals surface area contributed by atoms with Gasteiger partial charge in [0.05, 0.1) is 25.8 Å². The van der Waals surface area contributed by atoms with Gasteiger partial charge in [0, 0.05) is 5.56 Å². The Bertz CT molecular complexity index is 961. The zero-order valence-electron chi connectivity index (χ0n) is 15.6. The van der Waals surface area contributed by atoms with Crippen LogP contribution in [0.5, 0.6) is 11.5 Å². The van der Waals surface area contributed by atoms with Crippen LogP contribution in [0.15, 0.2) is 42.5 Å². The molecule has 0 aliphatic carbocycles. The molecule has 3 rings (SSSR count). The van der Waals surface area contributed by atoms with Gasteiger partial charge in [-0.25, -0.2) is 4.79 Å². The van der Waals surface area contributed by atoms with Crippen molar-refractivity contribution in [3.05, 3.63) is 58.6 Å². The maximum Gasteiger partial charge on any atom is 0.325 e. The van der Waals surface area contributed by atoms with Crippen LogP contribution in [0.3, 0.4) is 0 Å². The number of hydrogen-bond acceptors (Lipinski definition) is 5. The third-order valence-electron chi connectivity index (χ3n) is 4.70. The molecule has 1 N–H and O–H groups in total. The number of urea groups is 1. The molecule has 7 nitrogen and oxygen atoms in total. The number of ketones is 1. The summed E-state index contributed by atoms with van der Waals surface area (Å²) in [6.07, 6.45) is 0. The number of nitrogens with one attached hydrogen (secondary N) is 1. The molecule has 0 saturated carbocycles. The number of methoxy groups -OCH3 is 2. The lowest BCUT2D eigenvalue weighted by atomic mass is 9.92. The second-order valence-corrected chi connectivity index (χ2v) is 6.86. The monoisotopic (exact) mass is 402 g/mol. The summed E-state index contributed by atoms with van der Waals surface area (Å²) in [7, 11) is 2.98. The number of Topliss-reactive ketones (excluding diaryl/α,β-unsaturated/α-hetero) is 1. The number of rotatable bonds is 6. The first-order valence-electron chi connectivity index (χ1n) is 8.45. The molecule has 0 unspecified atom stereocenters. The van der Waals surface area contributed by atoms with E-state index in [0.29, 0.717) is 17.1 Å². The number of ether oxygens (including phenoxy) is 2. The first-order chi connectivity index (χ1) is 13.3. The van der Waals surface area contributed by atoms with E-state index in [-0.39, 0.29) is 10.6 Å². The maximum absolute atomic E-state index is 13.0. The van der Waals surface area contributed by atoms with Crippen molar-refractivity contribution in [3.8, 4) is 11.5 Å². The minimum absolute atomic E-state index is 0.270. The van der Waals surface area contributed by atoms with Gasteiger partial charge in [-0.15, -0.1) is 0 Å². The summed E-state index contributed by atoms with van der Waals surface area (Å²) in [5.41, 5.74) is -0.447. The Morgan fingerprint density at radius 2 is 1.89 bits per heavy atom. The summed E-state index contributed by atoms with van der Waals surface area (Å²) in [6.45, 7) is 1.20. The summed E-state index contributed by atoms with van der Waals surface area (Å²) < 4.78 is 10.2. The highest BCUT2D eigenvalue weighted by Gasteiger charge is 2.49. The molecule has 2 aromatic carbocycles. The van der Waals surface area contributed by atoms with Gasteiger partial charge < -0.3 is 14.8 Å². The lowest BCUT2D eigenvalue weighted by Crippen LogP contribution is -2.41. The zero-order chi connectivity index (χ0) is 20.5. The van der Waals surface area contributed by atoms with Gasteiger partial charge in [0.25, 0.3) is 5.91 Å². The molecule has 1 atom stereocenters. The van der Waals surface area contributed by atoms with E-state index in [1.54, 1.807) is 37.3 Å². The van der Waals surface area contributed by atoms with Gasteiger partial charge in [0.1, 0.15) is 17.0 Å². The van der Waals surface area contributed by atoms with E-state index in [4.69, 9.17) is 21.1 Å². The molecular weight excluding hydrogens is 384 g/mol. The normalized spacial score (nSPS) is 18.8. The fourth-order valence-corrected chi connectivity index (χ4v) is 3.30. The number of halogens is 1. The SMILES string of the molecule is COc1cccc([C@@]2(C)NC(=O)N(CC(=O)c3ccc(OC)c(Cl)c3)C2=O)c1. The number of carbonyl (C=O) groups excluding carboxylic acids is 3. The number of benzene rings is 2. The van der Waals surface area contributed by atoms with Gasteiger partial charge in [0.15, 0.2) is 5.78 Å². The van der Waals surface area contributed by atoms with E-state index in [1.807, 2.05) is 0 Å². The fourth-order valence-electron chi connectivity index (χ4n) is 3.05. The molecule has 2 aromatic rings. The Morgan fingerprint density at radius 3 is 2.54 bits per heavy atom. The Morgan fingerprint density at radius 1 is 1.14 bits per heavy atom. The van der Waals surface area contributed by atoms with E-state index < -0.39 is 29.8 Å². The van der Waals surface area contributed by atoms with Crippen molar-refractivity contribution >= 4 is 29.3 Å². The topological polar surface area (TPSA) is 84.9 Å². The van der Waals surface area contributed by atoms with E-state index in [2.05, 4.69) is 5.32 Å². The standard InChI is InChI=1S/C20H19ClN2O5/c1-20(13-5-4-6-14(10-13)27-2)18(25)23(19(26)22-20)11-16(24)12-7-8-17(28-3)15(21)9-12/h4-10H,11H2,1-3H3,(H,22,26)/t20-/m1/s1. The average Bonchev–Trinajstić information content (AvgIpc) is 2.92. The minimum Gasteiger partial charge on any atom is -0.497 e. The second-order valence-electron chi connectivity index (χ2n) is 6.45. The molecule has 146 valence electrons. The van der Waals surface area contributed by atoms with E-state index in [9.17, 15) is 14.4 Å². The Balaban J connectivity index is 1.83.